The van der Waals surface area contributed by atoms with Crippen LogP contribution >= 0.6 is 0 Å². The molecule has 1 aliphatic rings. The Labute approximate surface area is 164 Å². The first-order chi connectivity index (χ1) is 13.2. The molecule has 0 spiro atoms. The number of unbranched alkanes of at least 4 members (excludes halogenated alkanes) is 5. The van der Waals surface area contributed by atoms with E-state index >= 15 is 0 Å². The third-order valence-corrected chi connectivity index (χ3v) is 5.67. The van der Waals surface area contributed by atoms with E-state index < -0.39 is 5.97 Å². The summed E-state index contributed by atoms with van der Waals surface area (Å²) in [5, 5.41) is 8.78. The van der Waals surface area contributed by atoms with Gasteiger partial charge in [-0.05, 0) is 62.5 Å². The Kier molecular flexibility index (Phi) is 10.0. The molecule has 1 fully saturated rings. The van der Waals surface area contributed by atoms with Crippen LogP contribution in [0.25, 0.3) is 0 Å². The van der Waals surface area contributed by atoms with Crippen molar-refractivity contribution in [3.63, 3.8) is 0 Å². The minimum absolute atomic E-state index is 0.239. The fraction of sp³-hybridized carbons (Fsp3) is 0.625. The van der Waals surface area contributed by atoms with Crippen molar-refractivity contribution >= 4 is 5.97 Å². The van der Waals surface area contributed by atoms with E-state index in [2.05, 4.69) is 37.3 Å². The Balaban J connectivity index is 1.93. The van der Waals surface area contributed by atoms with Gasteiger partial charge < -0.3 is 9.52 Å². The molecule has 3 nitrogen and oxygen atoms in total. The SMILES string of the molecule is CCCCCCC=C[C@H]1CCC[C@@H]1C(C=CCCCC(=O)O)c1ccco1. The average Bonchev–Trinajstić information content (AvgIpc) is 3.33. The summed E-state index contributed by atoms with van der Waals surface area (Å²) in [6.45, 7) is 2.25. The lowest BCUT2D eigenvalue weighted by Crippen LogP contribution is -2.14. The van der Waals surface area contributed by atoms with Crippen molar-refractivity contribution in [3.8, 4) is 0 Å². The van der Waals surface area contributed by atoms with Crippen molar-refractivity contribution in [2.45, 2.75) is 83.5 Å². The second-order valence-electron chi connectivity index (χ2n) is 7.79. The van der Waals surface area contributed by atoms with Gasteiger partial charge in [-0.25, -0.2) is 0 Å². The maximum Gasteiger partial charge on any atom is 0.303 e. The molecule has 0 aliphatic heterocycles. The maximum atomic E-state index is 10.7. The number of carboxylic acids is 1. The van der Waals surface area contributed by atoms with E-state index in [9.17, 15) is 4.79 Å². The lowest BCUT2D eigenvalue weighted by molar-refractivity contribution is -0.137. The molecule has 3 atom stereocenters. The number of hydrogen-bond acceptors (Lipinski definition) is 2. The van der Waals surface area contributed by atoms with E-state index in [-0.39, 0.29) is 6.42 Å². The standard InChI is InChI=1S/C24H36O3/c1-2-3-4-5-6-8-13-20-14-11-16-21(20)22(23-17-12-19-27-23)15-9-7-10-18-24(25)26/h8-9,12-13,15,17,19-22H,2-7,10-11,14,16,18H2,1H3,(H,25,26)/t20-,21-,22?/m0/s1. The van der Waals surface area contributed by atoms with Crippen LogP contribution in [0.2, 0.25) is 0 Å². The largest absolute Gasteiger partial charge is 0.481 e. The summed E-state index contributed by atoms with van der Waals surface area (Å²) in [6, 6.07) is 4.05. The molecule has 0 amide bonds. The monoisotopic (exact) mass is 372 g/mol. The van der Waals surface area contributed by atoms with Crippen molar-refractivity contribution in [2.75, 3.05) is 0 Å². The third kappa shape index (κ3) is 7.78. The molecule has 0 saturated heterocycles. The number of hydrogen-bond donors (Lipinski definition) is 1. The minimum atomic E-state index is -0.717. The van der Waals surface area contributed by atoms with Crippen LogP contribution in [0.3, 0.4) is 0 Å². The van der Waals surface area contributed by atoms with Crippen LogP contribution in [0.4, 0.5) is 0 Å². The molecule has 1 aliphatic carbocycles. The molecular weight excluding hydrogens is 336 g/mol. The number of furan rings is 1. The Morgan fingerprint density at radius 2 is 2.07 bits per heavy atom. The molecule has 1 aromatic rings. The molecule has 1 heterocycles. The highest BCUT2D eigenvalue weighted by molar-refractivity contribution is 5.66. The quantitative estimate of drug-likeness (QED) is 0.296. The van der Waals surface area contributed by atoms with Crippen molar-refractivity contribution in [2.24, 2.45) is 11.8 Å². The Bertz CT molecular complexity index is 570. The summed E-state index contributed by atoms with van der Waals surface area (Å²) in [5.74, 6) is 1.82. The lowest BCUT2D eigenvalue weighted by atomic mass is 9.81. The summed E-state index contributed by atoms with van der Waals surface area (Å²) >= 11 is 0. The second kappa shape index (κ2) is 12.6. The zero-order valence-electron chi connectivity index (χ0n) is 16.8. The topological polar surface area (TPSA) is 50.4 Å². The Hall–Kier alpha value is -1.77. The van der Waals surface area contributed by atoms with Crippen molar-refractivity contribution < 1.29 is 14.3 Å². The molecule has 1 saturated carbocycles. The predicted octanol–water partition coefficient (Wildman–Crippen LogP) is 7.12. The fourth-order valence-corrected chi connectivity index (χ4v) is 4.21. The van der Waals surface area contributed by atoms with Crippen LogP contribution in [-0.4, -0.2) is 11.1 Å². The molecule has 1 unspecified atom stereocenters. The minimum Gasteiger partial charge on any atom is -0.481 e. The molecule has 0 aromatic carbocycles. The molecule has 1 N–H and O–H groups in total. The van der Waals surface area contributed by atoms with Gasteiger partial charge in [0.1, 0.15) is 5.76 Å². The summed E-state index contributed by atoms with van der Waals surface area (Å²) in [4.78, 5) is 10.7. The zero-order chi connectivity index (χ0) is 19.3. The first-order valence-corrected chi connectivity index (χ1v) is 10.8. The molecule has 2 rings (SSSR count). The van der Waals surface area contributed by atoms with E-state index in [0.29, 0.717) is 24.2 Å². The van der Waals surface area contributed by atoms with Crippen molar-refractivity contribution in [1.29, 1.82) is 0 Å². The van der Waals surface area contributed by atoms with E-state index in [0.717, 1.165) is 12.2 Å². The number of allylic oxidation sites excluding steroid dienone is 4. The van der Waals surface area contributed by atoms with Gasteiger partial charge in [0.2, 0.25) is 0 Å². The van der Waals surface area contributed by atoms with E-state index in [1.54, 1.807) is 6.26 Å². The van der Waals surface area contributed by atoms with Crippen LogP contribution in [-0.2, 0) is 4.79 Å². The van der Waals surface area contributed by atoms with Gasteiger partial charge in [0.25, 0.3) is 0 Å². The van der Waals surface area contributed by atoms with Crippen molar-refractivity contribution in [1.82, 2.24) is 0 Å². The van der Waals surface area contributed by atoms with Gasteiger partial charge in [0.15, 0.2) is 0 Å². The van der Waals surface area contributed by atoms with Gasteiger partial charge in [0.05, 0.1) is 6.26 Å². The van der Waals surface area contributed by atoms with E-state index in [1.807, 2.05) is 6.07 Å². The van der Waals surface area contributed by atoms with Gasteiger partial charge in [-0.15, -0.1) is 0 Å². The molecule has 27 heavy (non-hydrogen) atoms. The van der Waals surface area contributed by atoms with Gasteiger partial charge in [-0.2, -0.15) is 0 Å². The van der Waals surface area contributed by atoms with Gasteiger partial charge in [-0.1, -0.05) is 56.9 Å². The Morgan fingerprint density at radius 1 is 1.22 bits per heavy atom. The Morgan fingerprint density at radius 3 is 2.81 bits per heavy atom. The zero-order valence-corrected chi connectivity index (χ0v) is 16.8. The summed E-state index contributed by atoms with van der Waals surface area (Å²) in [7, 11) is 0. The lowest BCUT2D eigenvalue weighted by Gasteiger charge is -2.23. The van der Waals surface area contributed by atoms with E-state index in [1.165, 1.54) is 51.4 Å². The van der Waals surface area contributed by atoms with Crippen LogP contribution in [0.15, 0.2) is 47.1 Å². The van der Waals surface area contributed by atoms with Crippen LogP contribution < -0.4 is 0 Å². The predicted molar refractivity (Wildman–Crippen MR) is 111 cm³/mol. The summed E-state index contributed by atoms with van der Waals surface area (Å²) in [5.41, 5.74) is 0. The van der Waals surface area contributed by atoms with Crippen LogP contribution in [0, 0.1) is 11.8 Å². The van der Waals surface area contributed by atoms with Gasteiger partial charge in [-0.3, -0.25) is 4.79 Å². The van der Waals surface area contributed by atoms with Crippen LogP contribution in [0.1, 0.15) is 89.2 Å². The molecule has 0 radical (unpaired) electrons. The van der Waals surface area contributed by atoms with Crippen molar-refractivity contribution in [3.05, 3.63) is 48.5 Å². The number of carbonyl (C=O) groups is 1. The van der Waals surface area contributed by atoms with Gasteiger partial charge >= 0.3 is 5.97 Å². The average molecular weight is 373 g/mol. The highest BCUT2D eigenvalue weighted by Gasteiger charge is 2.33. The summed E-state index contributed by atoms with van der Waals surface area (Å²) < 4.78 is 5.75. The first-order valence-electron chi connectivity index (χ1n) is 10.8. The van der Waals surface area contributed by atoms with Crippen LogP contribution in [0.5, 0.6) is 0 Å². The number of aliphatic carboxylic acids is 1. The number of rotatable bonds is 13. The highest BCUT2D eigenvalue weighted by Crippen LogP contribution is 2.43. The normalized spacial score (nSPS) is 21.4. The van der Waals surface area contributed by atoms with Gasteiger partial charge in [0, 0.05) is 12.3 Å². The third-order valence-electron chi connectivity index (χ3n) is 5.67. The second-order valence-corrected chi connectivity index (χ2v) is 7.79. The molecule has 1 aromatic heterocycles. The highest BCUT2D eigenvalue weighted by atomic mass is 16.4. The molecular formula is C24H36O3. The maximum absolute atomic E-state index is 10.7. The molecule has 0 bridgehead atoms. The molecule has 3 heteroatoms. The summed E-state index contributed by atoms with van der Waals surface area (Å²) in [6.07, 6.45) is 23.0. The smallest absolute Gasteiger partial charge is 0.303 e. The number of carboxylic acid groups (broad SMARTS) is 1. The molecule has 150 valence electrons. The fourth-order valence-electron chi connectivity index (χ4n) is 4.21. The first kappa shape index (κ1) is 21.5. The van der Waals surface area contributed by atoms with E-state index in [4.69, 9.17) is 9.52 Å².